The molecule has 0 unspecified atom stereocenters. The highest BCUT2D eigenvalue weighted by Gasteiger charge is 2.23. The van der Waals surface area contributed by atoms with E-state index >= 15 is 0 Å². The number of amides is 2. The van der Waals surface area contributed by atoms with E-state index in [0.29, 0.717) is 37.8 Å². The van der Waals surface area contributed by atoms with E-state index in [2.05, 4.69) is 5.32 Å². The third-order valence-corrected chi connectivity index (χ3v) is 6.78. The number of hydrogen-bond donors (Lipinski definition) is 1. The first kappa shape index (κ1) is 33.0. The Kier molecular flexibility index (Phi) is 11.9. The number of ether oxygens (including phenoxy) is 3. The van der Waals surface area contributed by atoms with Crippen LogP contribution < -0.4 is 15.0 Å². The number of nitrogens with one attached hydrogen (secondary N) is 1. The fourth-order valence-corrected chi connectivity index (χ4v) is 4.39. The Hall–Kier alpha value is -3.46. The van der Waals surface area contributed by atoms with Gasteiger partial charge >= 0.3 is 12.1 Å². The summed E-state index contributed by atoms with van der Waals surface area (Å²) in [7, 11) is 0. The summed E-state index contributed by atoms with van der Waals surface area (Å²) in [4.78, 5) is 39.1. The van der Waals surface area contributed by atoms with Crippen LogP contribution in [-0.2, 0) is 32.2 Å². The Balaban J connectivity index is 1.91. The van der Waals surface area contributed by atoms with Crippen LogP contribution in [-0.4, -0.2) is 30.2 Å². The normalized spacial score (nSPS) is 11.0. The molecular weight excluding hydrogens is 603 g/mol. The standard InChI is InChI=1S/C31H33Cl3N2O6/c1-5-40-28(38)15-14-27(37)36(19-21-9-7-11-24(33)29(21)34)25-13-12-22(32)17-26(25)41-23-10-6-8-20(16-23)18-35-30(39)42-31(2,3)4/h6-13,16-17H,5,14-15,18-19H2,1-4H3,(H,35,39). The highest BCUT2D eigenvalue weighted by atomic mass is 35.5. The van der Waals surface area contributed by atoms with Crippen molar-refractivity contribution in [3.8, 4) is 11.5 Å². The molecule has 3 aromatic carbocycles. The summed E-state index contributed by atoms with van der Waals surface area (Å²) in [5, 5.41) is 3.76. The van der Waals surface area contributed by atoms with Crippen LogP contribution in [0.4, 0.5) is 10.5 Å². The number of esters is 1. The lowest BCUT2D eigenvalue weighted by Gasteiger charge is -2.26. The molecule has 0 bridgehead atoms. The molecule has 0 aliphatic rings. The molecule has 2 amide bonds. The summed E-state index contributed by atoms with van der Waals surface area (Å²) < 4.78 is 16.5. The van der Waals surface area contributed by atoms with E-state index < -0.39 is 17.7 Å². The van der Waals surface area contributed by atoms with Crippen LogP contribution in [0.3, 0.4) is 0 Å². The van der Waals surface area contributed by atoms with Gasteiger partial charge in [-0.25, -0.2) is 4.79 Å². The van der Waals surface area contributed by atoms with Crippen molar-refractivity contribution < 1.29 is 28.6 Å². The lowest BCUT2D eigenvalue weighted by molar-refractivity contribution is -0.144. The first-order valence-corrected chi connectivity index (χ1v) is 14.4. The molecule has 1 N–H and O–H groups in total. The third-order valence-electron chi connectivity index (χ3n) is 5.68. The zero-order valence-corrected chi connectivity index (χ0v) is 26.1. The third kappa shape index (κ3) is 10.1. The highest BCUT2D eigenvalue weighted by Crippen LogP contribution is 2.37. The first-order chi connectivity index (χ1) is 19.9. The van der Waals surface area contributed by atoms with Crippen molar-refractivity contribution in [2.45, 2.75) is 59.2 Å². The number of rotatable bonds is 11. The second-order valence-corrected chi connectivity index (χ2v) is 11.4. The quantitative estimate of drug-likeness (QED) is 0.213. The Morgan fingerprint density at radius 1 is 0.929 bits per heavy atom. The van der Waals surface area contributed by atoms with Crippen molar-refractivity contribution in [2.75, 3.05) is 11.5 Å². The maximum absolute atomic E-state index is 13.5. The molecule has 224 valence electrons. The predicted molar refractivity (Wildman–Crippen MR) is 165 cm³/mol. The van der Waals surface area contributed by atoms with Gasteiger partial charge in [-0.2, -0.15) is 0 Å². The Bertz CT molecular complexity index is 1420. The van der Waals surface area contributed by atoms with Crippen molar-refractivity contribution in [3.05, 3.63) is 86.9 Å². The van der Waals surface area contributed by atoms with Gasteiger partial charge in [-0.1, -0.05) is 59.1 Å². The van der Waals surface area contributed by atoms with E-state index in [9.17, 15) is 14.4 Å². The monoisotopic (exact) mass is 634 g/mol. The maximum Gasteiger partial charge on any atom is 0.407 e. The molecule has 0 aromatic heterocycles. The number of alkyl carbamates (subject to hydrolysis) is 1. The molecule has 11 heteroatoms. The lowest BCUT2D eigenvalue weighted by Crippen LogP contribution is -2.32. The fourth-order valence-electron chi connectivity index (χ4n) is 3.85. The van der Waals surface area contributed by atoms with E-state index in [-0.39, 0.29) is 38.4 Å². The van der Waals surface area contributed by atoms with Gasteiger partial charge < -0.3 is 24.4 Å². The second kappa shape index (κ2) is 15.1. The topological polar surface area (TPSA) is 94.2 Å². The maximum atomic E-state index is 13.5. The summed E-state index contributed by atoms with van der Waals surface area (Å²) in [5.41, 5.74) is 1.15. The summed E-state index contributed by atoms with van der Waals surface area (Å²) >= 11 is 19.0. The van der Waals surface area contributed by atoms with Crippen LogP contribution in [0, 0.1) is 0 Å². The predicted octanol–water partition coefficient (Wildman–Crippen LogP) is 8.34. The summed E-state index contributed by atoms with van der Waals surface area (Å²) in [5.74, 6) is -0.0957. The number of carbonyl (C=O) groups is 3. The molecule has 0 heterocycles. The zero-order chi connectivity index (χ0) is 30.9. The minimum atomic E-state index is -0.618. The summed E-state index contributed by atoms with van der Waals surface area (Å²) in [6.45, 7) is 7.54. The van der Waals surface area contributed by atoms with Gasteiger partial charge in [-0.15, -0.1) is 0 Å². The minimum Gasteiger partial charge on any atom is -0.466 e. The van der Waals surface area contributed by atoms with Gasteiger partial charge in [0, 0.05) is 24.1 Å². The lowest BCUT2D eigenvalue weighted by atomic mass is 10.1. The number of carbonyl (C=O) groups excluding carboxylic acids is 3. The van der Waals surface area contributed by atoms with Gasteiger partial charge in [-0.3, -0.25) is 9.59 Å². The smallest absolute Gasteiger partial charge is 0.407 e. The molecular formula is C31H33Cl3N2O6. The average molecular weight is 636 g/mol. The van der Waals surface area contributed by atoms with Crippen LogP contribution in [0.15, 0.2) is 60.7 Å². The van der Waals surface area contributed by atoms with Crippen molar-refractivity contribution >= 4 is 58.5 Å². The molecule has 0 fully saturated rings. The molecule has 0 saturated carbocycles. The molecule has 3 rings (SSSR count). The van der Waals surface area contributed by atoms with Crippen molar-refractivity contribution in [2.24, 2.45) is 0 Å². The molecule has 42 heavy (non-hydrogen) atoms. The average Bonchev–Trinajstić information content (AvgIpc) is 2.91. The minimum absolute atomic E-state index is 0.0545. The first-order valence-electron chi connectivity index (χ1n) is 13.3. The Labute approximate surface area is 260 Å². The van der Waals surface area contributed by atoms with E-state index in [1.165, 1.54) is 4.90 Å². The van der Waals surface area contributed by atoms with Gasteiger partial charge in [0.2, 0.25) is 5.91 Å². The van der Waals surface area contributed by atoms with E-state index in [1.54, 1.807) is 82.3 Å². The molecule has 8 nitrogen and oxygen atoms in total. The Morgan fingerprint density at radius 2 is 1.67 bits per heavy atom. The van der Waals surface area contributed by atoms with E-state index in [1.807, 2.05) is 6.07 Å². The fraction of sp³-hybridized carbons (Fsp3) is 0.323. The van der Waals surface area contributed by atoms with Crippen LogP contribution >= 0.6 is 34.8 Å². The SMILES string of the molecule is CCOC(=O)CCC(=O)N(Cc1cccc(Cl)c1Cl)c1ccc(Cl)cc1Oc1cccc(CNC(=O)OC(C)(C)C)c1. The summed E-state index contributed by atoms with van der Waals surface area (Å²) in [6.07, 6.45) is -0.740. The van der Waals surface area contributed by atoms with Gasteiger partial charge in [0.05, 0.1) is 35.3 Å². The van der Waals surface area contributed by atoms with Gasteiger partial charge in [0.15, 0.2) is 5.75 Å². The largest absolute Gasteiger partial charge is 0.466 e. The van der Waals surface area contributed by atoms with Crippen LogP contribution in [0.5, 0.6) is 11.5 Å². The van der Waals surface area contributed by atoms with Crippen LogP contribution in [0.1, 0.15) is 51.7 Å². The number of halogens is 3. The molecule has 3 aromatic rings. The van der Waals surface area contributed by atoms with Gasteiger partial charge in [-0.05, 0) is 69.2 Å². The van der Waals surface area contributed by atoms with E-state index in [4.69, 9.17) is 49.0 Å². The second-order valence-electron chi connectivity index (χ2n) is 10.2. The van der Waals surface area contributed by atoms with Crippen molar-refractivity contribution in [1.82, 2.24) is 5.32 Å². The van der Waals surface area contributed by atoms with Gasteiger partial charge in [0.1, 0.15) is 11.4 Å². The number of anilines is 1. The van der Waals surface area contributed by atoms with Crippen LogP contribution in [0.25, 0.3) is 0 Å². The molecule has 0 spiro atoms. The Morgan fingerprint density at radius 3 is 2.38 bits per heavy atom. The number of benzene rings is 3. The van der Waals surface area contributed by atoms with Crippen molar-refractivity contribution in [1.29, 1.82) is 0 Å². The van der Waals surface area contributed by atoms with Gasteiger partial charge in [0.25, 0.3) is 0 Å². The zero-order valence-electron chi connectivity index (χ0n) is 23.8. The van der Waals surface area contributed by atoms with Crippen molar-refractivity contribution in [3.63, 3.8) is 0 Å². The van der Waals surface area contributed by atoms with Crippen LogP contribution in [0.2, 0.25) is 15.1 Å². The molecule has 0 saturated heterocycles. The van der Waals surface area contributed by atoms with E-state index in [0.717, 1.165) is 5.56 Å². The highest BCUT2D eigenvalue weighted by molar-refractivity contribution is 6.42. The molecule has 0 atom stereocenters. The molecule has 0 radical (unpaired) electrons. The molecule has 0 aliphatic heterocycles. The summed E-state index contributed by atoms with van der Waals surface area (Å²) in [6, 6.07) is 17.1. The molecule has 0 aliphatic carbocycles. The number of nitrogens with zero attached hydrogens (tertiary/aromatic N) is 1. The number of hydrogen-bond acceptors (Lipinski definition) is 6.